The number of carbonyl (C=O) groups excluding carboxylic acids is 3. The molecule has 1 aromatic heterocycles. The molecule has 0 unspecified atom stereocenters. The number of methoxy groups -OCH3 is 3. The van der Waals surface area contributed by atoms with Crippen molar-refractivity contribution in [1.29, 1.82) is 5.26 Å². The number of benzene rings is 1. The Labute approximate surface area is 211 Å². The van der Waals surface area contributed by atoms with E-state index >= 15 is 0 Å². The Morgan fingerprint density at radius 3 is 2.27 bits per heavy atom. The number of esters is 2. The molecule has 0 aliphatic carbocycles. The zero-order valence-electron chi connectivity index (χ0n) is 20.1. The number of hydrazine groups is 1. The summed E-state index contributed by atoms with van der Waals surface area (Å²) in [5, 5.41) is 12.2. The third-order valence-electron chi connectivity index (χ3n) is 4.20. The largest absolute Gasteiger partial charge is 0.481 e. The number of carbonyl (C=O) groups is 3. The van der Waals surface area contributed by atoms with Crippen molar-refractivity contribution < 1.29 is 41.7 Å². The maximum atomic E-state index is 13.0. The number of sulfonamides is 1. The number of hydrogen-bond donors (Lipinski definition) is 3. The molecule has 0 fully saturated rings. The maximum absolute atomic E-state index is 13.0. The van der Waals surface area contributed by atoms with Gasteiger partial charge < -0.3 is 18.9 Å². The van der Waals surface area contributed by atoms with E-state index in [1.807, 2.05) is 0 Å². The van der Waals surface area contributed by atoms with Crippen LogP contribution in [-0.2, 0) is 24.3 Å². The predicted molar refractivity (Wildman–Crippen MR) is 125 cm³/mol. The van der Waals surface area contributed by atoms with Gasteiger partial charge in [0.15, 0.2) is 6.19 Å². The normalized spacial score (nSPS) is 10.4. The highest BCUT2D eigenvalue weighted by Gasteiger charge is 2.26. The molecule has 0 aliphatic rings. The van der Waals surface area contributed by atoms with E-state index < -0.39 is 45.0 Å². The van der Waals surface area contributed by atoms with Crippen molar-refractivity contribution >= 4 is 39.6 Å². The maximum Gasteiger partial charge on any atom is 0.339 e. The van der Waals surface area contributed by atoms with Crippen molar-refractivity contribution in [3.05, 3.63) is 29.8 Å². The minimum absolute atomic E-state index is 0.0137. The van der Waals surface area contributed by atoms with Gasteiger partial charge in [0.25, 0.3) is 10.0 Å². The molecule has 0 saturated carbocycles. The Hall–Kier alpha value is -4.85. The van der Waals surface area contributed by atoms with Crippen molar-refractivity contribution in [2.45, 2.75) is 11.8 Å². The first-order valence-electron chi connectivity index (χ1n) is 10.2. The van der Waals surface area contributed by atoms with Gasteiger partial charge in [0.2, 0.25) is 17.7 Å². The molecule has 2 amide bonds. The molecular weight excluding hydrogens is 514 g/mol. The van der Waals surface area contributed by atoms with Crippen LogP contribution in [0.5, 0.6) is 11.8 Å². The lowest BCUT2D eigenvalue weighted by Crippen LogP contribution is -2.36. The van der Waals surface area contributed by atoms with E-state index in [0.29, 0.717) is 0 Å². The van der Waals surface area contributed by atoms with E-state index in [9.17, 15) is 28.1 Å². The van der Waals surface area contributed by atoms with Gasteiger partial charge in [-0.05, 0) is 25.1 Å². The number of urea groups is 1. The number of ether oxygens (including phenoxy) is 4. The van der Waals surface area contributed by atoms with Crippen molar-refractivity contribution in [3.8, 4) is 18.0 Å². The first-order valence-corrected chi connectivity index (χ1v) is 11.7. The average Bonchev–Trinajstić information content (AvgIpc) is 2.87. The number of anilines is 2. The second-order valence-electron chi connectivity index (χ2n) is 6.64. The number of nitrogens with zero attached hydrogens (tertiary/aromatic N) is 4. The van der Waals surface area contributed by atoms with Gasteiger partial charge in [0, 0.05) is 0 Å². The number of hydrogen-bond acceptors (Lipinski definition) is 14. The molecule has 198 valence electrons. The third-order valence-corrected chi connectivity index (χ3v) is 5.57. The fraction of sp³-hybridized carbons (Fsp3) is 0.300. The summed E-state index contributed by atoms with van der Waals surface area (Å²) in [4.78, 5) is 43.4. The van der Waals surface area contributed by atoms with E-state index in [1.165, 1.54) is 26.4 Å². The Bertz CT molecular complexity index is 1290. The average molecular weight is 538 g/mol. The standard InChI is InChI=1S/C20H23N7O9S/c1-5-36-17(28)10-27(11-21)25-12-6-7-13(18(29)35-4)14(8-12)37(31,32)26-20(30)24-19-22-15(33-2)9-16(23-19)34-3/h6-9,25H,5,10H2,1-4H3,(H2,22,23,24,26,30). The van der Waals surface area contributed by atoms with Crippen molar-refractivity contribution in [2.75, 3.05) is 45.2 Å². The molecule has 1 aromatic carbocycles. The lowest BCUT2D eigenvalue weighted by atomic mass is 10.2. The molecular formula is C20H23N7O9S. The zero-order chi connectivity index (χ0) is 27.6. The molecule has 2 aromatic rings. The van der Waals surface area contributed by atoms with Gasteiger partial charge in [-0.1, -0.05) is 0 Å². The summed E-state index contributed by atoms with van der Waals surface area (Å²) in [6.07, 6.45) is 1.69. The SMILES string of the molecule is CCOC(=O)CN(C#N)Nc1ccc(C(=O)OC)c(S(=O)(=O)NC(=O)Nc2nc(OC)cc(OC)n2)c1. The van der Waals surface area contributed by atoms with Gasteiger partial charge in [0.05, 0.1) is 45.3 Å². The molecule has 37 heavy (non-hydrogen) atoms. The lowest BCUT2D eigenvalue weighted by molar-refractivity contribution is -0.143. The summed E-state index contributed by atoms with van der Waals surface area (Å²) >= 11 is 0. The highest BCUT2D eigenvalue weighted by molar-refractivity contribution is 7.90. The molecule has 0 aliphatic heterocycles. The number of rotatable bonds is 11. The molecule has 0 saturated heterocycles. The molecule has 2 rings (SSSR count). The van der Waals surface area contributed by atoms with Crippen molar-refractivity contribution in [1.82, 2.24) is 19.7 Å². The van der Waals surface area contributed by atoms with Crippen LogP contribution in [-0.4, -0.2) is 75.8 Å². The fourth-order valence-corrected chi connectivity index (χ4v) is 3.79. The van der Waals surface area contributed by atoms with Crippen LogP contribution >= 0.6 is 0 Å². The highest BCUT2D eigenvalue weighted by atomic mass is 32.2. The molecule has 0 radical (unpaired) electrons. The van der Waals surface area contributed by atoms with Crippen LogP contribution in [0.1, 0.15) is 17.3 Å². The fourth-order valence-electron chi connectivity index (χ4n) is 2.66. The van der Waals surface area contributed by atoms with E-state index in [-0.39, 0.29) is 30.0 Å². The second kappa shape index (κ2) is 12.7. The van der Waals surface area contributed by atoms with Crippen LogP contribution in [0.15, 0.2) is 29.2 Å². The van der Waals surface area contributed by atoms with Gasteiger partial charge in [-0.25, -0.2) is 27.7 Å². The first kappa shape index (κ1) is 28.4. The Kier molecular flexibility index (Phi) is 9.77. The van der Waals surface area contributed by atoms with E-state index in [2.05, 4.69) is 25.4 Å². The van der Waals surface area contributed by atoms with Crippen LogP contribution in [0.2, 0.25) is 0 Å². The van der Waals surface area contributed by atoms with Gasteiger partial charge in [-0.3, -0.25) is 15.5 Å². The number of nitrogens with one attached hydrogen (secondary N) is 3. The van der Waals surface area contributed by atoms with Gasteiger partial charge in [-0.2, -0.15) is 15.2 Å². The summed E-state index contributed by atoms with van der Waals surface area (Å²) in [6, 6.07) is 3.37. The predicted octanol–water partition coefficient (Wildman–Crippen LogP) is 0.464. The Morgan fingerprint density at radius 1 is 1.08 bits per heavy atom. The quantitative estimate of drug-likeness (QED) is 0.154. The number of amides is 2. The number of nitriles is 1. The monoisotopic (exact) mass is 537 g/mol. The summed E-state index contributed by atoms with van der Waals surface area (Å²) in [5.74, 6) is -2.01. The van der Waals surface area contributed by atoms with Crippen molar-refractivity contribution in [2.24, 2.45) is 0 Å². The second-order valence-corrected chi connectivity index (χ2v) is 8.29. The topological polar surface area (TPSA) is 211 Å². The number of aromatic nitrogens is 2. The summed E-state index contributed by atoms with van der Waals surface area (Å²) in [6.45, 7) is 1.19. The minimum Gasteiger partial charge on any atom is -0.481 e. The van der Waals surface area contributed by atoms with Crippen LogP contribution in [0, 0.1) is 11.5 Å². The van der Waals surface area contributed by atoms with Crippen LogP contribution < -0.4 is 24.9 Å². The van der Waals surface area contributed by atoms with Crippen LogP contribution in [0.4, 0.5) is 16.4 Å². The zero-order valence-corrected chi connectivity index (χ0v) is 20.9. The molecule has 16 nitrogen and oxygen atoms in total. The van der Waals surface area contributed by atoms with E-state index in [0.717, 1.165) is 24.3 Å². The van der Waals surface area contributed by atoms with Crippen LogP contribution in [0.25, 0.3) is 0 Å². The molecule has 3 N–H and O–H groups in total. The van der Waals surface area contributed by atoms with Gasteiger partial charge >= 0.3 is 18.0 Å². The van der Waals surface area contributed by atoms with E-state index in [1.54, 1.807) is 17.8 Å². The minimum atomic E-state index is -4.71. The summed E-state index contributed by atoms with van der Waals surface area (Å²) in [5.41, 5.74) is 2.08. The van der Waals surface area contributed by atoms with Gasteiger partial charge in [0.1, 0.15) is 11.4 Å². The third kappa shape index (κ3) is 7.83. The van der Waals surface area contributed by atoms with E-state index in [4.69, 9.17) is 14.2 Å². The Morgan fingerprint density at radius 2 is 1.73 bits per heavy atom. The lowest BCUT2D eigenvalue weighted by Gasteiger charge is -2.18. The highest BCUT2D eigenvalue weighted by Crippen LogP contribution is 2.23. The van der Waals surface area contributed by atoms with Crippen LogP contribution in [0.3, 0.4) is 0 Å². The molecule has 17 heteroatoms. The Balaban J connectivity index is 2.34. The molecule has 1 heterocycles. The first-order chi connectivity index (χ1) is 17.6. The molecule has 0 bridgehead atoms. The van der Waals surface area contributed by atoms with Gasteiger partial charge in [-0.15, -0.1) is 0 Å². The summed E-state index contributed by atoms with van der Waals surface area (Å²) in [7, 11) is -1.05. The van der Waals surface area contributed by atoms with Crippen molar-refractivity contribution in [3.63, 3.8) is 0 Å². The summed E-state index contributed by atoms with van der Waals surface area (Å²) < 4.78 is 47.1. The molecule has 0 atom stereocenters. The molecule has 0 spiro atoms. The smallest absolute Gasteiger partial charge is 0.339 e.